The molecule has 1 aliphatic heterocycles. The van der Waals surface area contributed by atoms with E-state index in [1.54, 1.807) is 19.5 Å². The van der Waals surface area contributed by atoms with Crippen LogP contribution in [-0.4, -0.2) is 65.0 Å². The van der Waals surface area contributed by atoms with Crippen molar-refractivity contribution in [2.24, 2.45) is 0 Å². The Kier molecular flexibility index (Phi) is 6.58. The second kappa shape index (κ2) is 9.72. The average Bonchev–Trinajstić information content (AvgIpc) is 2.84. The molecular formula is C24H28N6O2. The molecule has 0 unspecified atom stereocenters. The second-order valence-electron chi connectivity index (χ2n) is 8.17. The Balaban J connectivity index is 1.47. The Bertz CT molecular complexity index is 1050. The summed E-state index contributed by atoms with van der Waals surface area (Å²) in [4.78, 5) is 34.4. The summed E-state index contributed by atoms with van der Waals surface area (Å²) < 4.78 is 5.19. The Morgan fingerprint density at radius 1 is 1.09 bits per heavy atom. The molecule has 0 aliphatic carbocycles. The average molecular weight is 433 g/mol. The fourth-order valence-corrected chi connectivity index (χ4v) is 4.00. The quantitative estimate of drug-likeness (QED) is 0.592. The predicted octanol–water partition coefficient (Wildman–Crippen LogP) is 2.96. The molecule has 8 nitrogen and oxygen atoms in total. The highest BCUT2D eigenvalue weighted by Gasteiger charge is 2.27. The maximum absolute atomic E-state index is 12.8. The van der Waals surface area contributed by atoms with Gasteiger partial charge in [0.05, 0.1) is 19.2 Å². The molecule has 3 aromatic rings. The summed E-state index contributed by atoms with van der Waals surface area (Å²) in [5.41, 5.74) is 3.86. The summed E-state index contributed by atoms with van der Waals surface area (Å²) in [7, 11) is 5.51. The van der Waals surface area contributed by atoms with Gasteiger partial charge in [0.25, 0.3) is 0 Å². The van der Waals surface area contributed by atoms with E-state index in [0.29, 0.717) is 25.5 Å². The van der Waals surface area contributed by atoms with Crippen LogP contribution in [-0.2, 0) is 11.2 Å². The number of rotatable bonds is 6. The number of carbonyl (C=O) groups excluding carboxylic acids is 1. The molecule has 1 amide bonds. The summed E-state index contributed by atoms with van der Waals surface area (Å²) >= 11 is 0. The molecule has 0 atom stereocenters. The molecule has 0 radical (unpaired) electrons. The van der Waals surface area contributed by atoms with Gasteiger partial charge in [-0.3, -0.25) is 4.79 Å². The molecule has 8 heteroatoms. The van der Waals surface area contributed by atoms with Crippen LogP contribution in [0, 0.1) is 0 Å². The van der Waals surface area contributed by atoms with Gasteiger partial charge in [-0.05, 0) is 30.5 Å². The number of ether oxygens (including phenoxy) is 1. The maximum atomic E-state index is 12.8. The molecule has 1 fully saturated rings. The molecular weight excluding hydrogens is 404 g/mol. The number of likely N-dealkylation sites (tertiary alicyclic amines) is 1. The van der Waals surface area contributed by atoms with Crippen LogP contribution >= 0.6 is 0 Å². The van der Waals surface area contributed by atoms with Gasteiger partial charge in [0.1, 0.15) is 12.1 Å². The van der Waals surface area contributed by atoms with E-state index in [9.17, 15) is 4.79 Å². The standard InChI is InChI=1S/C24H28N6O2/c1-29(2)24-27-15-21(19-13-25-16-26-14-19)23(28-24)18-8-10-30(11-9-18)22(31)12-17-4-6-20(32-3)7-5-17/h4-7,13-16,18H,8-12H2,1-3H3. The zero-order chi connectivity index (χ0) is 22.5. The van der Waals surface area contributed by atoms with Crippen LogP contribution in [0.2, 0.25) is 0 Å². The predicted molar refractivity (Wildman–Crippen MR) is 123 cm³/mol. The van der Waals surface area contributed by atoms with E-state index in [2.05, 4.69) is 15.0 Å². The third kappa shape index (κ3) is 4.85. The molecule has 2 aromatic heterocycles. The lowest BCUT2D eigenvalue weighted by molar-refractivity contribution is -0.131. The minimum Gasteiger partial charge on any atom is -0.497 e. The van der Waals surface area contributed by atoms with Crippen LogP contribution in [0.25, 0.3) is 11.1 Å². The molecule has 4 rings (SSSR count). The van der Waals surface area contributed by atoms with Gasteiger partial charge >= 0.3 is 0 Å². The SMILES string of the molecule is COc1ccc(CC(=O)N2CCC(c3nc(N(C)C)ncc3-c3cncnc3)CC2)cc1. The zero-order valence-electron chi connectivity index (χ0n) is 18.7. The molecule has 0 bridgehead atoms. The normalized spacial score (nSPS) is 14.3. The van der Waals surface area contributed by atoms with Gasteiger partial charge in [0.15, 0.2) is 0 Å². The zero-order valence-corrected chi connectivity index (χ0v) is 18.7. The van der Waals surface area contributed by atoms with Gasteiger partial charge < -0.3 is 14.5 Å². The van der Waals surface area contributed by atoms with Crippen LogP contribution in [0.1, 0.15) is 30.0 Å². The van der Waals surface area contributed by atoms with Crippen LogP contribution in [0.5, 0.6) is 5.75 Å². The number of nitrogens with zero attached hydrogens (tertiary/aromatic N) is 6. The number of hydrogen-bond acceptors (Lipinski definition) is 7. The molecule has 1 aromatic carbocycles. The molecule has 0 saturated carbocycles. The molecule has 3 heterocycles. The van der Waals surface area contributed by atoms with Gasteiger partial charge in [-0.1, -0.05) is 12.1 Å². The van der Waals surface area contributed by atoms with Gasteiger partial charge in [-0.2, -0.15) is 0 Å². The van der Waals surface area contributed by atoms with Crippen LogP contribution in [0.4, 0.5) is 5.95 Å². The first kappa shape index (κ1) is 21.7. The largest absolute Gasteiger partial charge is 0.497 e. The number of methoxy groups -OCH3 is 1. The first-order valence-electron chi connectivity index (χ1n) is 10.8. The Morgan fingerprint density at radius 3 is 2.41 bits per heavy atom. The van der Waals surface area contributed by atoms with Gasteiger partial charge in [0.2, 0.25) is 11.9 Å². The monoisotopic (exact) mass is 432 g/mol. The number of hydrogen-bond donors (Lipinski definition) is 0. The smallest absolute Gasteiger partial charge is 0.226 e. The van der Waals surface area contributed by atoms with Crippen molar-refractivity contribution >= 4 is 11.9 Å². The van der Waals surface area contributed by atoms with Gasteiger partial charge in [-0.25, -0.2) is 19.9 Å². The van der Waals surface area contributed by atoms with Crippen molar-refractivity contribution < 1.29 is 9.53 Å². The second-order valence-corrected chi connectivity index (χ2v) is 8.17. The molecule has 166 valence electrons. The number of amides is 1. The van der Waals surface area contributed by atoms with Crippen molar-refractivity contribution in [1.82, 2.24) is 24.8 Å². The Labute approximate surface area is 188 Å². The van der Waals surface area contributed by atoms with Gasteiger partial charge in [0, 0.05) is 62.8 Å². The summed E-state index contributed by atoms with van der Waals surface area (Å²) in [5, 5.41) is 0. The van der Waals surface area contributed by atoms with Crippen molar-refractivity contribution in [3.05, 3.63) is 60.4 Å². The first-order chi connectivity index (χ1) is 15.5. The summed E-state index contributed by atoms with van der Waals surface area (Å²) in [5.74, 6) is 1.88. The van der Waals surface area contributed by atoms with Crippen molar-refractivity contribution in [3.8, 4) is 16.9 Å². The number of piperidine rings is 1. The lowest BCUT2D eigenvalue weighted by atomic mass is 9.89. The highest BCUT2D eigenvalue weighted by Crippen LogP contribution is 2.34. The molecule has 0 spiro atoms. The van der Waals surface area contributed by atoms with E-state index in [1.165, 1.54) is 6.33 Å². The van der Waals surface area contributed by atoms with E-state index < -0.39 is 0 Å². The summed E-state index contributed by atoms with van der Waals surface area (Å²) in [6, 6.07) is 7.67. The highest BCUT2D eigenvalue weighted by atomic mass is 16.5. The first-order valence-corrected chi connectivity index (χ1v) is 10.8. The van der Waals surface area contributed by atoms with Crippen LogP contribution in [0.15, 0.2) is 49.2 Å². The Morgan fingerprint density at radius 2 is 1.78 bits per heavy atom. The fourth-order valence-electron chi connectivity index (χ4n) is 4.00. The number of carbonyl (C=O) groups is 1. The lowest BCUT2D eigenvalue weighted by Gasteiger charge is -2.33. The lowest BCUT2D eigenvalue weighted by Crippen LogP contribution is -2.39. The van der Waals surface area contributed by atoms with E-state index in [0.717, 1.165) is 41.0 Å². The maximum Gasteiger partial charge on any atom is 0.226 e. The van der Waals surface area contributed by atoms with E-state index in [1.807, 2.05) is 54.4 Å². The number of aromatic nitrogens is 4. The summed E-state index contributed by atoms with van der Waals surface area (Å²) in [6.45, 7) is 1.43. The third-order valence-electron chi connectivity index (χ3n) is 5.83. The van der Waals surface area contributed by atoms with Crippen molar-refractivity contribution in [2.45, 2.75) is 25.2 Å². The molecule has 1 saturated heterocycles. The van der Waals surface area contributed by atoms with Crippen molar-refractivity contribution in [3.63, 3.8) is 0 Å². The van der Waals surface area contributed by atoms with Crippen LogP contribution < -0.4 is 9.64 Å². The van der Waals surface area contributed by atoms with E-state index in [-0.39, 0.29) is 11.8 Å². The molecule has 0 N–H and O–H groups in total. The van der Waals surface area contributed by atoms with Crippen LogP contribution in [0.3, 0.4) is 0 Å². The van der Waals surface area contributed by atoms with E-state index in [4.69, 9.17) is 9.72 Å². The fraction of sp³-hybridized carbons (Fsp3) is 0.375. The third-order valence-corrected chi connectivity index (χ3v) is 5.83. The number of benzene rings is 1. The highest BCUT2D eigenvalue weighted by molar-refractivity contribution is 5.79. The van der Waals surface area contributed by atoms with Gasteiger partial charge in [-0.15, -0.1) is 0 Å². The molecule has 32 heavy (non-hydrogen) atoms. The Hall–Kier alpha value is -3.55. The minimum absolute atomic E-state index is 0.155. The summed E-state index contributed by atoms with van der Waals surface area (Å²) in [6.07, 6.45) is 9.08. The number of anilines is 1. The minimum atomic E-state index is 0.155. The topological polar surface area (TPSA) is 84.3 Å². The van der Waals surface area contributed by atoms with Crippen molar-refractivity contribution in [1.29, 1.82) is 0 Å². The molecule has 1 aliphatic rings. The van der Waals surface area contributed by atoms with Crippen molar-refractivity contribution in [2.75, 3.05) is 39.2 Å². The van der Waals surface area contributed by atoms with E-state index >= 15 is 0 Å².